The van der Waals surface area contributed by atoms with E-state index in [2.05, 4.69) is 33.0 Å². The molecule has 2 nitrogen and oxygen atoms in total. The zero-order valence-corrected chi connectivity index (χ0v) is 12.0. The molecule has 3 heteroatoms. The van der Waals surface area contributed by atoms with Crippen LogP contribution in [0.3, 0.4) is 0 Å². The first-order chi connectivity index (χ1) is 8.56. The molecule has 1 aromatic carbocycles. The highest BCUT2D eigenvalue weighted by atomic mass is 79.9. The number of nitrogens with zero attached hydrogens (tertiary/aromatic N) is 1. The van der Waals surface area contributed by atoms with E-state index in [1.165, 1.54) is 5.56 Å². The van der Waals surface area contributed by atoms with E-state index in [-0.39, 0.29) is 5.78 Å². The van der Waals surface area contributed by atoms with Gasteiger partial charge in [0.1, 0.15) is 5.69 Å². The van der Waals surface area contributed by atoms with Crippen molar-refractivity contribution in [3.05, 3.63) is 63.4 Å². The first kappa shape index (κ1) is 13.0. The second-order valence-electron chi connectivity index (χ2n) is 4.39. The zero-order valence-electron chi connectivity index (χ0n) is 10.4. The molecule has 0 spiro atoms. The second-order valence-corrected chi connectivity index (χ2v) is 5.31. The number of hydrogen-bond acceptors (Lipinski definition) is 2. The monoisotopic (exact) mass is 303 g/mol. The van der Waals surface area contributed by atoms with Crippen molar-refractivity contribution >= 4 is 21.7 Å². The lowest BCUT2D eigenvalue weighted by atomic mass is 10.00. The van der Waals surface area contributed by atoms with Crippen molar-refractivity contribution in [2.24, 2.45) is 0 Å². The van der Waals surface area contributed by atoms with Gasteiger partial charge < -0.3 is 0 Å². The van der Waals surface area contributed by atoms with Crippen molar-refractivity contribution in [3.63, 3.8) is 0 Å². The van der Waals surface area contributed by atoms with Crippen molar-refractivity contribution in [1.82, 2.24) is 4.98 Å². The molecule has 0 unspecified atom stereocenters. The summed E-state index contributed by atoms with van der Waals surface area (Å²) in [6.07, 6.45) is 2.05. The fourth-order valence-corrected chi connectivity index (χ4v) is 2.03. The lowest BCUT2D eigenvalue weighted by molar-refractivity contribution is 0.0988. The maximum Gasteiger partial charge on any atom is 0.185 e. The minimum atomic E-state index is 0.0520. The third-order valence-corrected chi connectivity index (χ3v) is 3.34. The standard InChI is InChI=1S/C15H14BrNO/c1-10-3-4-11(2)12(7-10)8-15(18)14-6-5-13(16)9-17-14/h3-7,9H,8H2,1-2H3. The van der Waals surface area contributed by atoms with Gasteiger partial charge in [-0.2, -0.15) is 0 Å². The van der Waals surface area contributed by atoms with Crippen molar-refractivity contribution in [2.75, 3.05) is 0 Å². The smallest absolute Gasteiger partial charge is 0.185 e. The molecule has 1 aromatic heterocycles. The van der Waals surface area contributed by atoms with Gasteiger partial charge in [-0.3, -0.25) is 9.78 Å². The van der Waals surface area contributed by atoms with Crippen LogP contribution in [0.2, 0.25) is 0 Å². The molecule has 2 rings (SSSR count). The van der Waals surface area contributed by atoms with Crippen LogP contribution in [0, 0.1) is 13.8 Å². The van der Waals surface area contributed by atoms with Crippen molar-refractivity contribution in [3.8, 4) is 0 Å². The van der Waals surface area contributed by atoms with E-state index in [0.717, 1.165) is 15.6 Å². The Morgan fingerprint density at radius 1 is 1.22 bits per heavy atom. The van der Waals surface area contributed by atoms with Crippen LogP contribution >= 0.6 is 15.9 Å². The first-order valence-corrected chi connectivity index (χ1v) is 6.56. The minimum Gasteiger partial charge on any atom is -0.292 e. The minimum absolute atomic E-state index is 0.0520. The van der Waals surface area contributed by atoms with E-state index < -0.39 is 0 Å². The molecular weight excluding hydrogens is 290 g/mol. The molecular formula is C15H14BrNO. The van der Waals surface area contributed by atoms with Crippen LogP contribution in [-0.2, 0) is 6.42 Å². The lowest BCUT2D eigenvalue weighted by Gasteiger charge is -2.06. The highest BCUT2D eigenvalue weighted by molar-refractivity contribution is 9.10. The number of halogens is 1. The highest BCUT2D eigenvalue weighted by Crippen LogP contribution is 2.14. The van der Waals surface area contributed by atoms with Gasteiger partial charge >= 0.3 is 0 Å². The molecule has 0 saturated carbocycles. The summed E-state index contributed by atoms with van der Waals surface area (Å²) in [5.74, 6) is 0.0520. The van der Waals surface area contributed by atoms with Gasteiger partial charge in [-0.1, -0.05) is 23.8 Å². The number of hydrogen-bond donors (Lipinski definition) is 0. The Balaban J connectivity index is 2.21. The summed E-state index contributed by atoms with van der Waals surface area (Å²) in [5.41, 5.74) is 3.90. The third-order valence-electron chi connectivity index (χ3n) is 2.87. The lowest BCUT2D eigenvalue weighted by Crippen LogP contribution is -2.07. The molecule has 2 aromatic rings. The fourth-order valence-electron chi connectivity index (χ4n) is 1.80. The summed E-state index contributed by atoms with van der Waals surface area (Å²) >= 11 is 3.31. The number of carbonyl (C=O) groups is 1. The molecule has 0 fully saturated rings. The van der Waals surface area contributed by atoms with Crippen molar-refractivity contribution in [1.29, 1.82) is 0 Å². The van der Waals surface area contributed by atoms with Crippen LogP contribution in [0.1, 0.15) is 27.2 Å². The summed E-state index contributed by atoms with van der Waals surface area (Å²) in [7, 11) is 0. The van der Waals surface area contributed by atoms with Gasteiger partial charge in [0, 0.05) is 17.1 Å². The largest absolute Gasteiger partial charge is 0.292 e. The topological polar surface area (TPSA) is 30.0 Å². The molecule has 18 heavy (non-hydrogen) atoms. The number of benzene rings is 1. The maximum absolute atomic E-state index is 12.1. The summed E-state index contributed by atoms with van der Waals surface area (Å²) < 4.78 is 0.880. The average Bonchev–Trinajstić information content (AvgIpc) is 2.34. The first-order valence-electron chi connectivity index (χ1n) is 5.77. The number of ketones is 1. The SMILES string of the molecule is Cc1ccc(C)c(CC(=O)c2ccc(Br)cn2)c1. The summed E-state index contributed by atoms with van der Waals surface area (Å²) in [6.45, 7) is 4.06. The van der Waals surface area contributed by atoms with Crippen LogP contribution in [0.5, 0.6) is 0 Å². The van der Waals surface area contributed by atoms with E-state index >= 15 is 0 Å². The second kappa shape index (κ2) is 5.44. The third kappa shape index (κ3) is 3.05. The highest BCUT2D eigenvalue weighted by Gasteiger charge is 2.10. The molecule has 0 aliphatic rings. The van der Waals surface area contributed by atoms with Gasteiger partial charge in [0.25, 0.3) is 0 Å². The Morgan fingerprint density at radius 3 is 2.67 bits per heavy atom. The Bertz CT molecular complexity index is 576. The van der Waals surface area contributed by atoms with Crippen LogP contribution < -0.4 is 0 Å². The predicted molar refractivity (Wildman–Crippen MR) is 75.9 cm³/mol. The van der Waals surface area contributed by atoms with Gasteiger partial charge in [0.15, 0.2) is 5.78 Å². The van der Waals surface area contributed by atoms with E-state index in [0.29, 0.717) is 12.1 Å². The van der Waals surface area contributed by atoms with E-state index in [1.54, 1.807) is 12.3 Å². The number of aryl methyl sites for hydroxylation is 2. The van der Waals surface area contributed by atoms with Crippen molar-refractivity contribution in [2.45, 2.75) is 20.3 Å². The Labute approximate surface area is 115 Å². The van der Waals surface area contributed by atoms with Crippen LogP contribution in [-0.4, -0.2) is 10.8 Å². The molecule has 0 bridgehead atoms. The fraction of sp³-hybridized carbons (Fsp3) is 0.200. The number of carbonyl (C=O) groups excluding carboxylic acids is 1. The summed E-state index contributed by atoms with van der Waals surface area (Å²) in [4.78, 5) is 16.2. The van der Waals surface area contributed by atoms with Gasteiger partial charge in [0.05, 0.1) is 0 Å². The molecule has 92 valence electrons. The van der Waals surface area contributed by atoms with Gasteiger partial charge in [-0.05, 0) is 53.0 Å². The molecule has 0 atom stereocenters. The van der Waals surface area contributed by atoms with Crippen LogP contribution in [0.4, 0.5) is 0 Å². The van der Waals surface area contributed by atoms with E-state index in [4.69, 9.17) is 0 Å². The van der Waals surface area contributed by atoms with Gasteiger partial charge in [-0.25, -0.2) is 0 Å². The molecule has 0 amide bonds. The molecule has 0 radical (unpaired) electrons. The number of rotatable bonds is 3. The summed E-state index contributed by atoms with van der Waals surface area (Å²) in [6, 6.07) is 9.75. The quantitative estimate of drug-likeness (QED) is 0.805. The van der Waals surface area contributed by atoms with Gasteiger partial charge in [-0.15, -0.1) is 0 Å². The summed E-state index contributed by atoms with van der Waals surface area (Å²) in [5, 5.41) is 0. The van der Waals surface area contributed by atoms with E-state index in [9.17, 15) is 4.79 Å². The Hall–Kier alpha value is -1.48. The Kier molecular flexibility index (Phi) is 3.92. The predicted octanol–water partition coefficient (Wildman–Crippen LogP) is 3.89. The van der Waals surface area contributed by atoms with Crippen LogP contribution in [0.25, 0.3) is 0 Å². The number of Topliss-reactive ketones (excluding diaryl/α,β-unsaturated/α-hetero) is 1. The molecule has 0 aliphatic carbocycles. The maximum atomic E-state index is 12.1. The zero-order chi connectivity index (χ0) is 13.1. The average molecular weight is 304 g/mol. The van der Waals surface area contributed by atoms with Crippen LogP contribution in [0.15, 0.2) is 41.0 Å². The Morgan fingerprint density at radius 2 is 2.00 bits per heavy atom. The molecule has 0 aliphatic heterocycles. The molecule has 1 heterocycles. The van der Waals surface area contributed by atoms with Gasteiger partial charge in [0.2, 0.25) is 0 Å². The number of aromatic nitrogens is 1. The van der Waals surface area contributed by atoms with Crippen molar-refractivity contribution < 1.29 is 4.79 Å². The molecule has 0 N–H and O–H groups in total. The molecule has 0 saturated heterocycles. The van der Waals surface area contributed by atoms with E-state index in [1.807, 2.05) is 26.0 Å². The number of pyridine rings is 1. The normalized spacial score (nSPS) is 10.4.